The summed E-state index contributed by atoms with van der Waals surface area (Å²) in [6.45, 7) is 7.27. The fraction of sp³-hybridized carbons (Fsp3) is 0.172. The van der Waals surface area contributed by atoms with Crippen molar-refractivity contribution in [3.8, 4) is 11.3 Å². The highest BCUT2D eigenvalue weighted by Gasteiger charge is 2.24. The summed E-state index contributed by atoms with van der Waals surface area (Å²) in [7, 11) is -3.71. The zero-order valence-corrected chi connectivity index (χ0v) is 21.5. The molecule has 0 amide bonds. The summed E-state index contributed by atoms with van der Waals surface area (Å²) >= 11 is 0. The molecule has 0 aliphatic carbocycles. The number of benzene rings is 4. The van der Waals surface area contributed by atoms with Crippen LogP contribution in [-0.2, 0) is 10.0 Å². The second-order valence-corrected chi connectivity index (χ2v) is 11.6. The largest absolute Gasteiger partial charge is 0.338 e. The quantitative estimate of drug-likeness (QED) is 0.287. The van der Waals surface area contributed by atoms with Crippen molar-refractivity contribution in [1.29, 1.82) is 0 Å². The van der Waals surface area contributed by atoms with Crippen molar-refractivity contribution in [3.05, 3.63) is 90.5 Å². The number of rotatable bonds is 5. The molecule has 0 radical (unpaired) electrons. The Kier molecular flexibility index (Phi) is 5.98. The van der Waals surface area contributed by atoms with Gasteiger partial charge in [-0.15, -0.1) is 10.2 Å². The van der Waals surface area contributed by atoms with Crippen LogP contribution in [0.15, 0.2) is 89.8 Å². The molecule has 5 aromatic rings. The number of hydrogen-bond donors (Lipinski definition) is 2. The molecule has 5 rings (SSSR count). The number of aromatic nitrogens is 2. The van der Waals surface area contributed by atoms with Crippen molar-refractivity contribution >= 4 is 43.1 Å². The van der Waals surface area contributed by atoms with E-state index in [-0.39, 0.29) is 4.90 Å². The maximum Gasteiger partial charge on any atom is 0.241 e. The summed E-state index contributed by atoms with van der Waals surface area (Å²) in [5, 5.41) is 16.5. The number of nitrogens with zero attached hydrogens (tertiary/aromatic N) is 2. The molecule has 0 saturated carbocycles. The second kappa shape index (κ2) is 9.00. The molecule has 1 heterocycles. The Morgan fingerprint density at radius 3 is 2.17 bits per heavy atom. The van der Waals surface area contributed by atoms with E-state index in [9.17, 15) is 8.42 Å². The third-order valence-electron chi connectivity index (χ3n) is 5.92. The first-order chi connectivity index (χ1) is 17.1. The third-order valence-corrected chi connectivity index (χ3v) is 7.82. The lowest BCUT2D eigenvalue weighted by molar-refractivity contribution is 0.491. The van der Waals surface area contributed by atoms with Crippen molar-refractivity contribution < 1.29 is 8.42 Å². The maximum absolute atomic E-state index is 13.1. The number of aryl methyl sites for hydroxylation is 1. The Balaban J connectivity index is 1.61. The van der Waals surface area contributed by atoms with E-state index in [1.807, 2.05) is 81.4 Å². The van der Waals surface area contributed by atoms with E-state index >= 15 is 0 Å². The number of hydrogen-bond acceptors (Lipinski definition) is 5. The Morgan fingerprint density at radius 2 is 1.42 bits per heavy atom. The van der Waals surface area contributed by atoms with Gasteiger partial charge in [0.25, 0.3) is 0 Å². The van der Waals surface area contributed by atoms with E-state index in [4.69, 9.17) is 0 Å². The fourth-order valence-corrected chi connectivity index (χ4v) is 6.06. The van der Waals surface area contributed by atoms with E-state index in [0.717, 1.165) is 27.2 Å². The Labute approximate surface area is 211 Å². The van der Waals surface area contributed by atoms with Gasteiger partial charge in [0.05, 0.1) is 4.90 Å². The van der Waals surface area contributed by atoms with Crippen LogP contribution in [0.5, 0.6) is 0 Å². The molecule has 0 atom stereocenters. The highest BCUT2D eigenvalue weighted by molar-refractivity contribution is 7.89. The van der Waals surface area contributed by atoms with E-state index in [2.05, 4.69) is 38.4 Å². The van der Waals surface area contributed by atoms with Gasteiger partial charge in [-0.2, -0.15) is 0 Å². The average molecular weight is 497 g/mol. The van der Waals surface area contributed by atoms with Crippen LogP contribution in [-0.4, -0.2) is 24.2 Å². The monoisotopic (exact) mass is 496 g/mol. The first-order valence-corrected chi connectivity index (χ1v) is 13.3. The normalized spacial score (nSPS) is 12.2. The van der Waals surface area contributed by atoms with Crippen molar-refractivity contribution in [2.75, 3.05) is 5.32 Å². The summed E-state index contributed by atoms with van der Waals surface area (Å²) in [6.07, 6.45) is 0. The molecule has 7 heteroatoms. The Morgan fingerprint density at radius 1 is 0.750 bits per heavy atom. The predicted octanol–water partition coefficient (Wildman–Crippen LogP) is 6.58. The zero-order valence-electron chi connectivity index (χ0n) is 20.7. The number of sulfonamides is 1. The third kappa shape index (κ3) is 4.67. The van der Waals surface area contributed by atoms with Gasteiger partial charge in [0.2, 0.25) is 10.0 Å². The molecule has 0 saturated heterocycles. The smallest absolute Gasteiger partial charge is 0.241 e. The van der Waals surface area contributed by atoms with Crippen LogP contribution < -0.4 is 10.0 Å². The van der Waals surface area contributed by atoms with Gasteiger partial charge in [0, 0.05) is 32.9 Å². The SMILES string of the molecule is Cc1ccc(-c2nnc(Nc3cccc4ccccc34)c3ccccc23)cc1S(=O)(=O)NC(C)(C)C. The summed E-state index contributed by atoms with van der Waals surface area (Å²) in [4.78, 5) is 0.235. The summed E-state index contributed by atoms with van der Waals surface area (Å²) in [6, 6.07) is 27.5. The van der Waals surface area contributed by atoms with Crippen molar-refractivity contribution in [2.45, 2.75) is 38.1 Å². The van der Waals surface area contributed by atoms with Gasteiger partial charge in [-0.1, -0.05) is 72.8 Å². The molecule has 1 aromatic heterocycles. The minimum absolute atomic E-state index is 0.235. The van der Waals surface area contributed by atoms with Crippen LogP contribution in [0.3, 0.4) is 0 Å². The average Bonchev–Trinajstić information content (AvgIpc) is 2.83. The van der Waals surface area contributed by atoms with Gasteiger partial charge >= 0.3 is 0 Å². The number of fused-ring (bicyclic) bond motifs is 2. The van der Waals surface area contributed by atoms with E-state index in [1.54, 1.807) is 13.0 Å². The molecule has 6 nitrogen and oxygen atoms in total. The second-order valence-electron chi connectivity index (χ2n) is 9.93. The molecule has 36 heavy (non-hydrogen) atoms. The van der Waals surface area contributed by atoms with Gasteiger partial charge in [0.15, 0.2) is 5.82 Å². The van der Waals surface area contributed by atoms with Crippen LogP contribution in [0.2, 0.25) is 0 Å². The first-order valence-electron chi connectivity index (χ1n) is 11.8. The molecule has 0 bridgehead atoms. The molecule has 0 aliphatic rings. The van der Waals surface area contributed by atoms with Crippen molar-refractivity contribution in [2.24, 2.45) is 0 Å². The standard InChI is InChI=1S/C29H28N4O2S/c1-19-16-17-21(18-26(19)36(34,35)33-29(2,3)4)27-23-13-7-8-14-24(23)28(32-31-27)30-25-15-9-11-20-10-5-6-12-22(20)25/h5-18,33H,1-4H3,(H,30,32). The maximum atomic E-state index is 13.1. The molecular weight excluding hydrogens is 468 g/mol. The summed E-state index contributed by atoms with van der Waals surface area (Å²) in [5.74, 6) is 0.639. The highest BCUT2D eigenvalue weighted by Crippen LogP contribution is 2.34. The van der Waals surface area contributed by atoms with Crippen LogP contribution >= 0.6 is 0 Å². The lowest BCUT2D eigenvalue weighted by Gasteiger charge is -2.21. The zero-order chi connectivity index (χ0) is 25.5. The topological polar surface area (TPSA) is 84.0 Å². The van der Waals surface area contributed by atoms with Gasteiger partial charge < -0.3 is 5.32 Å². The van der Waals surface area contributed by atoms with Crippen LogP contribution in [0.4, 0.5) is 11.5 Å². The Bertz CT molecular complexity index is 1700. The van der Waals surface area contributed by atoms with Gasteiger partial charge in [0.1, 0.15) is 5.69 Å². The summed E-state index contributed by atoms with van der Waals surface area (Å²) < 4.78 is 29.0. The van der Waals surface area contributed by atoms with Crippen molar-refractivity contribution in [3.63, 3.8) is 0 Å². The number of anilines is 2. The predicted molar refractivity (Wildman–Crippen MR) is 147 cm³/mol. The summed E-state index contributed by atoms with van der Waals surface area (Å²) in [5.41, 5.74) is 2.33. The molecule has 182 valence electrons. The Hall–Kier alpha value is -3.81. The van der Waals surface area contributed by atoms with E-state index in [0.29, 0.717) is 22.6 Å². The molecule has 4 aromatic carbocycles. The van der Waals surface area contributed by atoms with Crippen LogP contribution in [0.25, 0.3) is 32.8 Å². The van der Waals surface area contributed by atoms with E-state index in [1.165, 1.54) is 0 Å². The van der Waals surface area contributed by atoms with Gasteiger partial charge in [-0.25, -0.2) is 13.1 Å². The van der Waals surface area contributed by atoms with Crippen LogP contribution in [0.1, 0.15) is 26.3 Å². The molecule has 0 fully saturated rings. The molecule has 0 aliphatic heterocycles. The number of nitrogens with one attached hydrogen (secondary N) is 2. The van der Waals surface area contributed by atoms with Gasteiger partial charge in [-0.3, -0.25) is 0 Å². The van der Waals surface area contributed by atoms with E-state index < -0.39 is 15.6 Å². The molecular formula is C29H28N4O2S. The molecule has 0 unspecified atom stereocenters. The molecule has 0 spiro atoms. The minimum Gasteiger partial charge on any atom is -0.338 e. The lowest BCUT2D eigenvalue weighted by Crippen LogP contribution is -2.40. The van der Waals surface area contributed by atoms with Crippen LogP contribution in [0, 0.1) is 6.92 Å². The van der Waals surface area contributed by atoms with Gasteiger partial charge in [-0.05, 0) is 50.8 Å². The fourth-order valence-electron chi connectivity index (χ4n) is 4.37. The van der Waals surface area contributed by atoms with Crippen molar-refractivity contribution in [1.82, 2.24) is 14.9 Å². The first kappa shape index (κ1) is 23.9. The lowest BCUT2D eigenvalue weighted by atomic mass is 10.0. The minimum atomic E-state index is -3.71. The molecule has 2 N–H and O–H groups in total. The highest BCUT2D eigenvalue weighted by atomic mass is 32.2.